The smallest absolute Gasteiger partial charge is 0.262 e. The van der Waals surface area contributed by atoms with Crippen molar-refractivity contribution in [3.63, 3.8) is 0 Å². The highest BCUT2D eigenvalue weighted by atomic mass is 35.5. The Bertz CT molecular complexity index is 1340. The van der Waals surface area contributed by atoms with Crippen LogP contribution in [0.3, 0.4) is 0 Å². The summed E-state index contributed by atoms with van der Waals surface area (Å²) in [4.78, 5) is 53.9. The number of nitrogens with one attached hydrogen (secondary N) is 2. The molecule has 1 atom stereocenters. The van der Waals surface area contributed by atoms with E-state index < -0.39 is 23.4 Å². The van der Waals surface area contributed by atoms with E-state index in [1.54, 1.807) is 49.4 Å². The van der Waals surface area contributed by atoms with Crippen molar-refractivity contribution in [2.75, 3.05) is 0 Å². The highest BCUT2D eigenvalue weighted by Gasteiger charge is 2.30. The molecule has 2 N–H and O–H groups in total. The number of nitrogens with zero attached hydrogens (tertiary/aromatic N) is 2. The second-order valence-electron chi connectivity index (χ2n) is 7.56. The average Bonchev–Trinajstić information content (AvgIpc) is 2.77. The first kappa shape index (κ1) is 20.4. The standard InChI is InChI=1S/C23H21ClN4O4/c1-13-26-18-7-4-15(12-25-21(30)11-14-2-5-16(24)6-3-14)10-17(18)23(32)28(13)19-8-9-20(29)27-22(19)31/h2-7,10,19H,8-9,11-12H2,1H3,(H,25,30)(H,27,29,31)/t19-/m1/s1/i19D. The largest absolute Gasteiger partial charge is 0.352 e. The third-order valence-corrected chi connectivity index (χ3v) is 5.49. The van der Waals surface area contributed by atoms with Crippen LogP contribution in [0.15, 0.2) is 47.3 Å². The van der Waals surface area contributed by atoms with Crippen molar-refractivity contribution < 1.29 is 15.8 Å². The van der Waals surface area contributed by atoms with Crippen molar-refractivity contribution in [2.45, 2.75) is 38.7 Å². The molecule has 0 spiro atoms. The Morgan fingerprint density at radius 1 is 1.22 bits per heavy atom. The van der Waals surface area contributed by atoms with Gasteiger partial charge < -0.3 is 5.32 Å². The van der Waals surface area contributed by atoms with Gasteiger partial charge in [-0.05, 0) is 48.7 Å². The van der Waals surface area contributed by atoms with Gasteiger partial charge in [0.05, 0.1) is 18.7 Å². The van der Waals surface area contributed by atoms with Crippen LogP contribution in [0.1, 0.15) is 37.2 Å². The number of carbonyl (C=O) groups is 3. The van der Waals surface area contributed by atoms with Crippen LogP contribution in [0.5, 0.6) is 0 Å². The molecule has 3 aromatic rings. The molecule has 0 radical (unpaired) electrons. The van der Waals surface area contributed by atoms with Gasteiger partial charge in [-0.3, -0.25) is 29.1 Å². The van der Waals surface area contributed by atoms with Crippen LogP contribution in [-0.4, -0.2) is 27.3 Å². The maximum atomic E-state index is 13.3. The molecule has 0 unspecified atom stereocenters. The molecule has 3 amide bonds. The van der Waals surface area contributed by atoms with Gasteiger partial charge in [-0.15, -0.1) is 0 Å². The number of piperidine rings is 1. The molecule has 0 aliphatic carbocycles. The van der Waals surface area contributed by atoms with E-state index in [9.17, 15) is 19.2 Å². The summed E-state index contributed by atoms with van der Waals surface area (Å²) in [5.41, 5.74) is 1.36. The number of halogens is 1. The van der Waals surface area contributed by atoms with E-state index in [4.69, 9.17) is 13.0 Å². The van der Waals surface area contributed by atoms with Crippen LogP contribution >= 0.6 is 11.6 Å². The molecule has 4 rings (SSSR count). The fourth-order valence-corrected chi connectivity index (χ4v) is 3.77. The van der Waals surface area contributed by atoms with Crippen LogP contribution in [0, 0.1) is 6.92 Å². The van der Waals surface area contributed by atoms with Crippen LogP contribution < -0.4 is 16.2 Å². The van der Waals surface area contributed by atoms with Gasteiger partial charge in [-0.1, -0.05) is 29.8 Å². The number of imide groups is 1. The molecule has 1 aliphatic heterocycles. The quantitative estimate of drug-likeness (QED) is 0.575. The summed E-state index contributed by atoms with van der Waals surface area (Å²) < 4.78 is 9.65. The minimum absolute atomic E-state index is 0.0428. The van der Waals surface area contributed by atoms with Crippen molar-refractivity contribution >= 4 is 40.2 Å². The van der Waals surface area contributed by atoms with Crippen molar-refractivity contribution in [1.29, 1.82) is 0 Å². The Labute approximate surface area is 190 Å². The Balaban J connectivity index is 1.58. The molecule has 1 aliphatic rings. The van der Waals surface area contributed by atoms with E-state index in [2.05, 4.69) is 15.6 Å². The number of amides is 3. The predicted molar refractivity (Wildman–Crippen MR) is 119 cm³/mol. The Kier molecular flexibility index (Phi) is 5.68. The van der Waals surface area contributed by atoms with Gasteiger partial charge in [0, 0.05) is 18.0 Å². The van der Waals surface area contributed by atoms with E-state index in [0.29, 0.717) is 16.1 Å². The zero-order valence-corrected chi connectivity index (χ0v) is 18.0. The number of aromatic nitrogens is 2. The third-order valence-electron chi connectivity index (χ3n) is 5.24. The molecule has 1 fully saturated rings. The summed E-state index contributed by atoms with van der Waals surface area (Å²) >= 11 is 5.86. The second-order valence-corrected chi connectivity index (χ2v) is 7.99. The van der Waals surface area contributed by atoms with E-state index in [1.165, 1.54) is 0 Å². The average molecular weight is 454 g/mol. The number of benzene rings is 2. The molecule has 1 saturated heterocycles. The summed E-state index contributed by atoms with van der Waals surface area (Å²) in [6.45, 7) is 1.74. The maximum absolute atomic E-state index is 13.3. The molecule has 2 aromatic carbocycles. The highest BCUT2D eigenvalue weighted by Crippen LogP contribution is 2.20. The molecule has 2 heterocycles. The number of aryl methyl sites for hydroxylation is 1. The minimum Gasteiger partial charge on any atom is -0.352 e. The van der Waals surface area contributed by atoms with Gasteiger partial charge in [-0.2, -0.15) is 0 Å². The minimum atomic E-state index is -1.96. The molecule has 0 bridgehead atoms. The summed E-state index contributed by atoms with van der Waals surface area (Å²) in [7, 11) is 0. The molecule has 8 nitrogen and oxygen atoms in total. The first-order valence-electron chi connectivity index (χ1n) is 10.6. The van der Waals surface area contributed by atoms with Crippen LogP contribution in [-0.2, 0) is 27.3 Å². The van der Waals surface area contributed by atoms with E-state index in [1.807, 2.05) is 0 Å². The van der Waals surface area contributed by atoms with E-state index in [-0.39, 0.29) is 42.9 Å². The van der Waals surface area contributed by atoms with Crippen molar-refractivity contribution in [2.24, 2.45) is 0 Å². The lowest BCUT2D eigenvalue weighted by Gasteiger charge is -2.24. The molecule has 0 saturated carbocycles. The van der Waals surface area contributed by atoms with Crippen molar-refractivity contribution in [1.82, 2.24) is 20.2 Å². The van der Waals surface area contributed by atoms with Crippen LogP contribution in [0.25, 0.3) is 10.9 Å². The fraction of sp³-hybridized carbons (Fsp3) is 0.261. The monoisotopic (exact) mass is 453 g/mol. The molecule has 9 heteroatoms. The van der Waals surface area contributed by atoms with Gasteiger partial charge in [0.2, 0.25) is 17.7 Å². The number of rotatable bonds is 5. The Hall–Kier alpha value is -3.52. The van der Waals surface area contributed by atoms with E-state index in [0.717, 1.165) is 10.1 Å². The number of hydrogen-bond donors (Lipinski definition) is 2. The number of fused-ring (bicyclic) bond motifs is 1. The molecule has 1 aromatic heterocycles. The molecular weight excluding hydrogens is 432 g/mol. The maximum Gasteiger partial charge on any atom is 0.262 e. The normalized spacial score (nSPS) is 18.9. The lowest BCUT2D eigenvalue weighted by atomic mass is 10.0. The topological polar surface area (TPSA) is 110 Å². The summed E-state index contributed by atoms with van der Waals surface area (Å²) in [5.74, 6) is -1.31. The van der Waals surface area contributed by atoms with Crippen LogP contribution in [0.4, 0.5) is 0 Å². The predicted octanol–water partition coefficient (Wildman–Crippen LogP) is 2.19. The van der Waals surface area contributed by atoms with Crippen molar-refractivity contribution in [3.8, 4) is 0 Å². The molecule has 164 valence electrons. The number of carbonyl (C=O) groups excluding carboxylic acids is 3. The highest BCUT2D eigenvalue weighted by molar-refractivity contribution is 6.30. The fourth-order valence-electron chi connectivity index (χ4n) is 3.64. The van der Waals surface area contributed by atoms with Gasteiger partial charge in [0.1, 0.15) is 11.8 Å². The first-order chi connectivity index (χ1) is 15.7. The number of hydrogen-bond acceptors (Lipinski definition) is 5. The summed E-state index contributed by atoms with van der Waals surface area (Å²) in [6, 6.07) is 10.0. The molecule has 32 heavy (non-hydrogen) atoms. The van der Waals surface area contributed by atoms with Crippen molar-refractivity contribution in [3.05, 3.63) is 74.8 Å². The summed E-state index contributed by atoms with van der Waals surface area (Å²) in [6.07, 6.45) is 0.0262. The zero-order valence-electron chi connectivity index (χ0n) is 18.3. The first-order valence-corrected chi connectivity index (χ1v) is 10.4. The second kappa shape index (κ2) is 8.92. The van der Waals surface area contributed by atoms with Gasteiger partial charge in [0.25, 0.3) is 5.56 Å². The SMILES string of the molecule is [2H][C@@]1(n2c(C)nc3ccc(CNC(=O)Cc4ccc(Cl)cc4)cc3c2=O)CCC(=O)NC1=O. The lowest BCUT2D eigenvalue weighted by molar-refractivity contribution is -0.135. The van der Waals surface area contributed by atoms with Gasteiger partial charge in [0.15, 0.2) is 0 Å². The lowest BCUT2D eigenvalue weighted by Crippen LogP contribution is -2.45. The zero-order chi connectivity index (χ0) is 23.8. The summed E-state index contributed by atoms with van der Waals surface area (Å²) in [5, 5.41) is 5.76. The van der Waals surface area contributed by atoms with Gasteiger partial charge in [-0.25, -0.2) is 4.98 Å². The molecular formula is C23H21ClN4O4. The van der Waals surface area contributed by atoms with E-state index >= 15 is 0 Å². The Morgan fingerprint density at radius 3 is 2.66 bits per heavy atom. The Morgan fingerprint density at radius 2 is 1.94 bits per heavy atom. The van der Waals surface area contributed by atoms with Gasteiger partial charge >= 0.3 is 0 Å². The van der Waals surface area contributed by atoms with Crippen LogP contribution in [0.2, 0.25) is 5.02 Å². The third kappa shape index (κ3) is 4.55.